The Bertz CT molecular complexity index is 261. The second-order valence-corrected chi connectivity index (χ2v) is 3.50. The molecule has 0 heterocycles. The molecule has 0 N–H and O–H groups in total. The minimum absolute atomic E-state index is 0.473. The van der Waals surface area contributed by atoms with Crippen LogP contribution in [0.4, 0.5) is 8.78 Å². The SMILES string of the molecule is CC[C@@H](C)Cc1cc(F)cc(F)c1. The molecule has 0 unspecified atom stereocenters. The second kappa shape index (κ2) is 4.35. The Hall–Kier alpha value is -0.920. The average Bonchev–Trinajstić information content (AvgIpc) is 2.02. The third-order valence-electron chi connectivity index (χ3n) is 2.20. The van der Waals surface area contributed by atoms with Crippen molar-refractivity contribution in [1.82, 2.24) is 0 Å². The lowest BCUT2D eigenvalue weighted by Gasteiger charge is -2.08. The molecule has 0 saturated carbocycles. The van der Waals surface area contributed by atoms with Gasteiger partial charge in [-0.1, -0.05) is 20.3 Å². The highest BCUT2D eigenvalue weighted by molar-refractivity contribution is 5.18. The van der Waals surface area contributed by atoms with Gasteiger partial charge >= 0.3 is 0 Å². The van der Waals surface area contributed by atoms with Crippen LogP contribution in [0.25, 0.3) is 0 Å². The third-order valence-corrected chi connectivity index (χ3v) is 2.20. The van der Waals surface area contributed by atoms with Crippen molar-refractivity contribution in [2.45, 2.75) is 26.7 Å². The van der Waals surface area contributed by atoms with Gasteiger partial charge in [0.05, 0.1) is 0 Å². The molecule has 1 aromatic carbocycles. The lowest BCUT2D eigenvalue weighted by molar-refractivity contribution is 0.544. The number of benzene rings is 1. The van der Waals surface area contributed by atoms with E-state index in [2.05, 4.69) is 13.8 Å². The zero-order valence-electron chi connectivity index (χ0n) is 7.98. The zero-order valence-corrected chi connectivity index (χ0v) is 7.98. The summed E-state index contributed by atoms with van der Waals surface area (Å²) in [7, 11) is 0. The lowest BCUT2D eigenvalue weighted by atomic mass is 9.99. The molecular formula is C11H14F2. The predicted octanol–water partition coefficient (Wildman–Crippen LogP) is 3.55. The first-order chi connectivity index (χ1) is 6.11. The van der Waals surface area contributed by atoms with Crippen LogP contribution in [0.3, 0.4) is 0 Å². The molecule has 0 nitrogen and oxygen atoms in total. The van der Waals surface area contributed by atoms with Crippen molar-refractivity contribution in [2.24, 2.45) is 5.92 Å². The Labute approximate surface area is 77.6 Å². The van der Waals surface area contributed by atoms with E-state index >= 15 is 0 Å². The van der Waals surface area contributed by atoms with E-state index in [0.717, 1.165) is 24.5 Å². The van der Waals surface area contributed by atoms with E-state index < -0.39 is 11.6 Å². The van der Waals surface area contributed by atoms with Crippen LogP contribution in [0, 0.1) is 17.6 Å². The number of halogens is 2. The molecule has 0 amide bonds. The van der Waals surface area contributed by atoms with Crippen LogP contribution >= 0.6 is 0 Å². The first-order valence-electron chi connectivity index (χ1n) is 4.56. The van der Waals surface area contributed by atoms with Crippen molar-refractivity contribution in [3.05, 3.63) is 35.4 Å². The van der Waals surface area contributed by atoms with Crippen molar-refractivity contribution in [3.8, 4) is 0 Å². The fourth-order valence-corrected chi connectivity index (χ4v) is 1.28. The first kappa shape index (κ1) is 10.2. The van der Waals surface area contributed by atoms with Gasteiger partial charge in [-0.15, -0.1) is 0 Å². The molecule has 0 aromatic heterocycles. The van der Waals surface area contributed by atoms with E-state index in [-0.39, 0.29) is 0 Å². The highest BCUT2D eigenvalue weighted by Gasteiger charge is 2.04. The third kappa shape index (κ3) is 3.13. The van der Waals surface area contributed by atoms with Gasteiger partial charge in [-0.05, 0) is 30.0 Å². The molecule has 72 valence electrons. The van der Waals surface area contributed by atoms with Crippen molar-refractivity contribution in [2.75, 3.05) is 0 Å². The van der Waals surface area contributed by atoms with Crippen molar-refractivity contribution in [1.29, 1.82) is 0 Å². The van der Waals surface area contributed by atoms with Gasteiger partial charge in [0.15, 0.2) is 0 Å². The van der Waals surface area contributed by atoms with E-state index in [0.29, 0.717) is 5.92 Å². The monoisotopic (exact) mass is 184 g/mol. The van der Waals surface area contributed by atoms with Crippen LogP contribution in [0.2, 0.25) is 0 Å². The van der Waals surface area contributed by atoms with Gasteiger partial charge in [-0.2, -0.15) is 0 Å². The van der Waals surface area contributed by atoms with Crippen molar-refractivity contribution < 1.29 is 8.78 Å². The van der Waals surface area contributed by atoms with E-state index in [9.17, 15) is 8.78 Å². The highest BCUT2D eigenvalue weighted by atomic mass is 19.1. The largest absolute Gasteiger partial charge is 0.207 e. The second-order valence-electron chi connectivity index (χ2n) is 3.50. The standard InChI is InChI=1S/C11H14F2/c1-3-8(2)4-9-5-10(12)7-11(13)6-9/h5-8H,3-4H2,1-2H3/t8-/m1/s1. The molecule has 2 heteroatoms. The molecule has 0 bridgehead atoms. The van der Waals surface area contributed by atoms with Gasteiger partial charge in [0.25, 0.3) is 0 Å². The summed E-state index contributed by atoms with van der Waals surface area (Å²) in [5.41, 5.74) is 0.742. The van der Waals surface area contributed by atoms with E-state index in [4.69, 9.17) is 0 Å². The number of hydrogen-bond acceptors (Lipinski definition) is 0. The molecule has 0 radical (unpaired) electrons. The molecular weight excluding hydrogens is 170 g/mol. The van der Waals surface area contributed by atoms with E-state index in [1.54, 1.807) is 0 Å². The molecule has 1 rings (SSSR count). The fourth-order valence-electron chi connectivity index (χ4n) is 1.28. The highest BCUT2D eigenvalue weighted by Crippen LogP contribution is 2.14. The van der Waals surface area contributed by atoms with Gasteiger partial charge in [-0.25, -0.2) is 8.78 Å². The minimum atomic E-state index is -0.488. The Morgan fingerprint density at radius 2 is 1.69 bits per heavy atom. The molecule has 0 saturated heterocycles. The molecule has 0 spiro atoms. The topological polar surface area (TPSA) is 0 Å². The van der Waals surface area contributed by atoms with Crippen LogP contribution in [0.15, 0.2) is 18.2 Å². The molecule has 0 aliphatic rings. The summed E-state index contributed by atoms with van der Waals surface area (Å²) in [6.45, 7) is 4.14. The normalized spacial score (nSPS) is 12.9. The summed E-state index contributed by atoms with van der Waals surface area (Å²) in [6, 6.07) is 3.70. The fraction of sp³-hybridized carbons (Fsp3) is 0.455. The minimum Gasteiger partial charge on any atom is -0.207 e. The smallest absolute Gasteiger partial charge is 0.126 e. The summed E-state index contributed by atoms with van der Waals surface area (Å²) in [4.78, 5) is 0. The Kier molecular flexibility index (Phi) is 3.40. The summed E-state index contributed by atoms with van der Waals surface area (Å²) in [5, 5.41) is 0. The first-order valence-corrected chi connectivity index (χ1v) is 4.56. The van der Waals surface area contributed by atoms with Gasteiger partial charge < -0.3 is 0 Å². The summed E-state index contributed by atoms with van der Waals surface area (Å²) < 4.78 is 25.5. The summed E-state index contributed by atoms with van der Waals surface area (Å²) in [6.07, 6.45) is 1.77. The van der Waals surface area contributed by atoms with Crippen LogP contribution < -0.4 is 0 Å². The van der Waals surface area contributed by atoms with Crippen LogP contribution in [-0.4, -0.2) is 0 Å². The molecule has 13 heavy (non-hydrogen) atoms. The Morgan fingerprint density at radius 3 is 2.15 bits per heavy atom. The van der Waals surface area contributed by atoms with Gasteiger partial charge in [0.2, 0.25) is 0 Å². The maximum absolute atomic E-state index is 12.7. The summed E-state index contributed by atoms with van der Waals surface area (Å²) >= 11 is 0. The quantitative estimate of drug-likeness (QED) is 0.673. The van der Waals surface area contributed by atoms with Gasteiger partial charge in [-0.3, -0.25) is 0 Å². The van der Waals surface area contributed by atoms with Gasteiger partial charge in [0, 0.05) is 6.07 Å². The lowest BCUT2D eigenvalue weighted by Crippen LogP contribution is -1.98. The molecule has 1 atom stereocenters. The molecule has 0 fully saturated rings. The summed E-state index contributed by atoms with van der Waals surface area (Å²) in [5.74, 6) is -0.502. The molecule has 1 aromatic rings. The van der Waals surface area contributed by atoms with Gasteiger partial charge in [0.1, 0.15) is 11.6 Å². The van der Waals surface area contributed by atoms with Crippen molar-refractivity contribution >= 4 is 0 Å². The maximum Gasteiger partial charge on any atom is 0.126 e. The van der Waals surface area contributed by atoms with Crippen LogP contribution in [0.5, 0.6) is 0 Å². The maximum atomic E-state index is 12.7. The van der Waals surface area contributed by atoms with E-state index in [1.165, 1.54) is 12.1 Å². The number of hydrogen-bond donors (Lipinski definition) is 0. The predicted molar refractivity (Wildman–Crippen MR) is 49.5 cm³/mol. The van der Waals surface area contributed by atoms with E-state index in [1.807, 2.05) is 0 Å². The Balaban J connectivity index is 2.77. The van der Waals surface area contributed by atoms with Crippen LogP contribution in [0.1, 0.15) is 25.8 Å². The number of rotatable bonds is 3. The Morgan fingerprint density at radius 1 is 1.15 bits per heavy atom. The zero-order chi connectivity index (χ0) is 9.84. The van der Waals surface area contributed by atoms with Crippen LogP contribution in [-0.2, 0) is 6.42 Å². The van der Waals surface area contributed by atoms with Crippen molar-refractivity contribution in [3.63, 3.8) is 0 Å². The molecule has 0 aliphatic heterocycles. The molecule has 0 aliphatic carbocycles. The average molecular weight is 184 g/mol.